The molecule has 0 atom stereocenters. The normalized spacial score (nSPS) is 10.7. The summed E-state index contributed by atoms with van der Waals surface area (Å²) >= 11 is 0. The lowest BCUT2D eigenvalue weighted by atomic mass is 10.1. The number of rotatable bonds is 8. The van der Waals surface area contributed by atoms with E-state index in [0.29, 0.717) is 30.0 Å². The van der Waals surface area contributed by atoms with Crippen molar-refractivity contribution < 1.29 is 27.5 Å². The minimum atomic E-state index is -2.93. The number of carbonyl (C=O) groups excluding carboxylic acids is 1. The van der Waals surface area contributed by atoms with E-state index in [1.165, 1.54) is 19.6 Å². The maximum Gasteiger partial charge on any atom is 0.387 e. The number of nitrogens with one attached hydrogen (secondary N) is 1. The zero-order chi connectivity index (χ0) is 19.9. The second-order valence-corrected chi connectivity index (χ2v) is 5.69. The van der Waals surface area contributed by atoms with Crippen molar-refractivity contribution in [2.45, 2.75) is 13.0 Å². The van der Waals surface area contributed by atoms with E-state index in [1.54, 1.807) is 36.4 Å². The predicted molar refractivity (Wildman–Crippen MR) is 95.4 cm³/mol. The van der Waals surface area contributed by atoms with Gasteiger partial charge in [0.05, 0.1) is 7.11 Å². The zero-order valence-electron chi connectivity index (χ0n) is 14.9. The van der Waals surface area contributed by atoms with Gasteiger partial charge in [-0.3, -0.25) is 4.79 Å². The van der Waals surface area contributed by atoms with Crippen molar-refractivity contribution in [3.63, 3.8) is 0 Å². The van der Waals surface area contributed by atoms with Gasteiger partial charge in [0.15, 0.2) is 11.5 Å². The molecule has 3 rings (SSSR count). The SMILES string of the molecule is COc1cc(CCNC(=O)c2ccc(-c3nnco3)cc2)ccc1OC(F)F. The van der Waals surface area contributed by atoms with Gasteiger partial charge in [-0.15, -0.1) is 10.2 Å². The van der Waals surface area contributed by atoms with Crippen LogP contribution in [-0.4, -0.2) is 36.4 Å². The standard InChI is InChI=1S/C19H17F2N3O4/c1-26-16-10-12(2-7-15(16)28-19(20)21)8-9-22-17(25)13-3-5-14(6-4-13)18-24-23-11-27-18/h2-7,10-11,19H,8-9H2,1H3,(H,22,25). The van der Waals surface area contributed by atoms with Crippen LogP contribution in [0.25, 0.3) is 11.5 Å². The Morgan fingerprint density at radius 1 is 1.18 bits per heavy atom. The van der Waals surface area contributed by atoms with Crippen LogP contribution in [0.1, 0.15) is 15.9 Å². The number of amides is 1. The molecule has 1 aromatic heterocycles. The van der Waals surface area contributed by atoms with Crippen LogP contribution in [0.2, 0.25) is 0 Å². The van der Waals surface area contributed by atoms with Gasteiger partial charge in [-0.2, -0.15) is 8.78 Å². The van der Waals surface area contributed by atoms with Crippen molar-refractivity contribution in [3.8, 4) is 23.0 Å². The summed E-state index contributed by atoms with van der Waals surface area (Å²) in [4.78, 5) is 12.2. The fraction of sp³-hybridized carbons (Fsp3) is 0.211. The van der Waals surface area contributed by atoms with Gasteiger partial charge in [0.2, 0.25) is 12.3 Å². The minimum Gasteiger partial charge on any atom is -0.493 e. The molecular weight excluding hydrogens is 372 g/mol. The van der Waals surface area contributed by atoms with Crippen LogP contribution in [0.4, 0.5) is 8.78 Å². The fourth-order valence-corrected chi connectivity index (χ4v) is 2.55. The van der Waals surface area contributed by atoms with Crippen LogP contribution < -0.4 is 14.8 Å². The van der Waals surface area contributed by atoms with E-state index in [0.717, 1.165) is 5.56 Å². The summed E-state index contributed by atoms with van der Waals surface area (Å²) in [5.74, 6) is 0.314. The molecule has 0 aliphatic carbocycles. The minimum absolute atomic E-state index is 0.0355. The predicted octanol–water partition coefficient (Wildman–Crippen LogP) is 3.32. The molecule has 0 bridgehead atoms. The van der Waals surface area contributed by atoms with Gasteiger partial charge in [-0.1, -0.05) is 6.07 Å². The Hall–Kier alpha value is -3.49. The molecule has 7 nitrogen and oxygen atoms in total. The number of hydrogen-bond donors (Lipinski definition) is 1. The summed E-state index contributed by atoms with van der Waals surface area (Å²) in [5.41, 5.74) is 2.01. The number of benzene rings is 2. The number of ether oxygens (including phenoxy) is 2. The second-order valence-electron chi connectivity index (χ2n) is 5.69. The maximum absolute atomic E-state index is 12.4. The molecular formula is C19H17F2N3O4. The van der Waals surface area contributed by atoms with Crippen LogP contribution in [0.15, 0.2) is 53.3 Å². The van der Waals surface area contributed by atoms with Gasteiger partial charge in [0, 0.05) is 17.7 Å². The Labute approximate surface area is 159 Å². The lowest BCUT2D eigenvalue weighted by molar-refractivity contribution is -0.0512. The third kappa shape index (κ3) is 4.81. The van der Waals surface area contributed by atoms with Crippen LogP contribution in [0.3, 0.4) is 0 Å². The molecule has 1 N–H and O–H groups in total. The Kier molecular flexibility index (Phi) is 6.15. The van der Waals surface area contributed by atoms with Crippen molar-refractivity contribution >= 4 is 5.91 Å². The van der Waals surface area contributed by atoms with E-state index in [4.69, 9.17) is 9.15 Å². The molecule has 0 spiro atoms. The third-order valence-corrected chi connectivity index (χ3v) is 3.90. The number of halogens is 2. The van der Waals surface area contributed by atoms with Gasteiger partial charge in [-0.25, -0.2) is 0 Å². The molecule has 0 aliphatic heterocycles. The van der Waals surface area contributed by atoms with E-state index >= 15 is 0 Å². The summed E-state index contributed by atoms with van der Waals surface area (Å²) in [7, 11) is 1.37. The van der Waals surface area contributed by atoms with Crippen LogP contribution in [0.5, 0.6) is 11.5 Å². The highest BCUT2D eigenvalue weighted by atomic mass is 19.3. The molecule has 0 unspecified atom stereocenters. The van der Waals surface area contributed by atoms with Crippen molar-refractivity contribution in [2.75, 3.05) is 13.7 Å². The summed E-state index contributed by atoms with van der Waals surface area (Å²) < 4.78 is 39.3. The Balaban J connectivity index is 1.55. The summed E-state index contributed by atoms with van der Waals surface area (Å²) in [6.07, 6.45) is 1.73. The fourth-order valence-electron chi connectivity index (χ4n) is 2.55. The summed E-state index contributed by atoms with van der Waals surface area (Å²) in [5, 5.41) is 10.2. The molecule has 0 saturated carbocycles. The van der Waals surface area contributed by atoms with Crippen LogP contribution in [-0.2, 0) is 6.42 Å². The summed E-state index contributed by atoms with van der Waals surface area (Å²) in [6.45, 7) is -2.56. The van der Waals surface area contributed by atoms with Crippen LogP contribution >= 0.6 is 0 Å². The summed E-state index contributed by atoms with van der Waals surface area (Å²) in [6, 6.07) is 11.4. The van der Waals surface area contributed by atoms with E-state index in [2.05, 4.69) is 20.3 Å². The lowest BCUT2D eigenvalue weighted by Gasteiger charge is -2.11. The van der Waals surface area contributed by atoms with Crippen molar-refractivity contribution in [3.05, 3.63) is 60.0 Å². The van der Waals surface area contributed by atoms with E-state index in [-0.39, 0.29) is 17.4 Å². The average molecular weight is 389 g/mol. The van der Waals surface area contributed by atoms with E-state index in [9.17, 15) is 13.6 Å². The Bertz CT molecular complexity index is 915. The highest BCUT2D eigenvalue weighted by molar-refractivity contribution is 5.94. The smallest absolute Gasteiger partial charge is 0.387 e. The monoisotopic (exact) mass is 389 g/mol. The number of hydrogen-bond acceptors (Lipinski definition) is 6. The number of methoxy groups -OCH3 is 1. The number of aromatic nitrogens is 2. The first-order valence-electron chi connectivity index (χ1n) is 8.33. The second kappa shape index (κ2) is 8.94. The quantitative estimate of drug-likeness (QED) is 0.636. The molecule has 2 aromatic carbocycles. The first kappa shape index (κ1) is 19.3. The first-order chi connectivity index (χ1) is 13.6. The topological polar surface area (TPSA) is 86.5 Å². The Morgan fingerprint density at radius 2 is 1.96 bits per heavy atom. The third-order valence-electron chi connectivity index (χ3n) is 3.90. The maximum atomic E-state index is 12.4. The van der Waals surface area contributed by atoms with Gasteiger partial charge in [0.1, 0.15) is 0 Å². The molecule has 1 amide bonds. The molecule has 1 heterocycles. The molecule has 146 valence electrons. The molecule has 3 aromatic rings. The van der Waals surface area contributed by atoms with Gasteiger partial charge >= 0.3 is 6.61 Å². The molecule has 0 fully saturated rings. The zero-order valence-corrected chi connectivity index (χ0v) is 14.9. The molecule has 0 saturated heterocycles. The lowest BCUT2D eigenvalue weighted by Crippen LogP contribution is -2.25. The van der Waals surface area contributed by atoms with Gasteiger partial charge in [-0.05, 0) is 48.4 Å². The van der Waals surface area contributed by atoms with Crippen molar-refractivity contribution in [1.29, 1.82) is 0 Å². The van der Waals surface area contributed by atoms with Gasteiger partial charge in [0.25, 0.3) is 5.91 Å². The van der Waals surface area contributed by atoms with Gasteiger partial charge < -0.3 is 19.2 Å². The highest BCUT2D eigenvalue weighted by Crippen LogP contribution is 2.29. The van der Waals surface area contributed by atoms with E-state index in [1.807, 2.05) is 0 Å². The van der Waals surface area contributed by atoms with Crippen molar-refractivity contribution in [1.82, 2.24) is 15.5 Å². The number of alkyl halides is 2. The Morgan fingerprint density at radius 3 is 2.61 bits per heavy atom. The molecule has 9 heteroatoms. The number of nitrogens with zero attached hydrogens (tertiary/aromatic N) is 2. The average Bonchev–Trinajstić information content (AvgIpc) is 3.23. The number of carbonyl (C=O) groups is 1. The highest BCUT2D eigenvalue weighted by Gasteiger charge is 2.12. The van der Waals surface area contributed by atoms with Crippen molar-refractivity contribution in [2.24, 2.45) is 0 Å². The molecule has 0 aliphatic rings. The molecule has 0 radical (unpaired) electrons. The van der Waals surface area contributed by atoms with E-state index < -0.39 is 6.61 Å². The van der Waals surface area contributed by atoms with Crippen LogP contribution in [0, 0.1) is 0 Å². The first-order valence-corrected chi connectivity index (χ1v) is 8.33. The largest absolute Gasteiger partial charge is 0.493 e. The molecule has 28 heavy (non-hydrogen) atoms.